The maximum atomic E-state index is 6.48. The highest BCUT2D eigenvalue weighted by atomic mass is 16.5. The van der Waals surface area contributed by atoms with Gasteiger partial charge in [0.15, 0.2) is 0 Å². The highest BCUT2D eigenvalue weighted by Crippen LogP contribution is 2.32. The minimum absolute atomic E-state index is 0.471. The van der Waals surface area contributed by atoms with E-state index in [9.17, 15) is 0 Å². The third-order valence-corrected chi connectivity index (χ3v) is 7.42. The van der Waals surface area contributed by atoms with E-state index in [1.807, 2.05) is 0 Å². The van der Waals surface area contributed by atoms with Crippen LogP contribution in [0.3, 0.4) is 0 Å². The minimum atomic E-state index is 0.471. The molecule has 0 unspecified atom stereocenters. The Hall–Kier alpha value is -2.69. The maximum Gasteiger partial charge on any atom is 0.123 e. The van der Waals surface area contributed by atoms with Gasteiger partial charge < -0.3 is 9.47 Å². The van der Waals surface area contributed by atoms with Crippen LogP contribution in [-0.2, 0) is 30.7 Å². The van der Waals surface area contributed by atoms with Gasteiger partial charge in [-0.15, -0.1) is 0 Å². The zero-order valence-electron chi connectivity index (χ0n) is 23.0. The molecule has 1 aliphatic heterocycles. The van der Waals surface area contributed by atoms with Crippen LogP contribution < -0.4 is 4.74 Å². The van der Waals surface area contributed by atoms with Crippen molar-refractivity contribution in [3.05, 3.63) is 81.5 Å². The van der Waals surface area contributed by atoms with Gasteiger partial charge in [-0.25, -0.2) is 0 Å². The molecule has 1 fully saturated rings. The van der Waals surface area contributed by atoms with E-state index in [0.717, 1.165) is 62.8 Å². The van der Waals surface area contributed by atoms with Crippen molar-refractivity contribution in [1.29, 1.82) is 0 Å². The van der Waals surface area contributed by atoms with Crippen molar-refractivity contribution in [3.63, 3.8) is 0 Å². The molecular weight excluding hydrogens is 444 g/mol. The van der Waals surface area contributed by atoms with Gasteiger partial charge in [-0.05, 0) is 72.6 Å². The third-order valence-electron chi connectivity index (χ3n) is 7.42. The van der Waals surface area contributed by atoms with Gasteiger partial charge in [0.05, 0.1) is 24.6 Å². The first-order valence-corrected chi connectivity index (χ1v) is 13.5. The van der Waals surface area contributed by atoms with Crippen LogP contribution in [-0.4, -0.2) is 36.2 Å². The van der Waals surface area contributed by atoms with Crippen LogP contribution in [0.1, 0.15) is 72.7 Å². The van der Waals surface area contributed by atoms with Crippen molar-refractivity contribution in [3.8, 4) is 17.0 Å². The monoisotopic (exact) mass is 486 g/mol. The first-order chi connectivity index (χ1) is 17.4. The second kappa shape index (κ2) is 12.0. The summed E-state index contributed by atoms with van der Waals surface area (Å²) in [5.41, 5.74) is 11.2. The number of ether oxygens (including phenoxy) is 2. The molecule has 0 bridgehead atoms. The third kappa shape index (κ3) is 5.99. The molecule has 36 heavy (non-hydrogen) atoms. The van der Waals surface area contributed by atoms with Gasteiger partial charge in [-0.3, -0.25) is 9.88 Å². The Bertz CT molecular complexity index is 1160. The summed E-state index contributed by atoms with van der Waals surface area (Å²) in [7, 11) is 0. The van der Waals surface area contributed by atoms with Crippen molar-refractivity contribution >= 4 is 0 Å². The number of aromatic nitrogens is 1. The molecule has 2 heterocycles. The number of rotatable bonds is 9. The molecule has 1 aromatic heterocycles. The predicted molar refractivity (Wildman–Crippen MR) is 149 cm³/mol. The fourth-order valence-corrected chi connectivity index (χ4v) is 5.04. The Morgan fingerprint density at radius 3 is 2.28 bits per heavy atom. The number of benzene rings is 2. The smallest absolute Gasteiger partial charge is 0.123 e. The molecule has 2 aromatic carbocycles. The van der Waals surface area contributed by atoms with Gasteiger partial charge in [0.1, 0.15) is 12.4 Å². The molecule has 1 aliphatic rings. The van der Waals surface area contributed by atoms with Crippen LogP contribution in [0.4, 0.5) is 0 Å². The van der Waals surface area contributed by atoms with Gasteiger partial charge >= 0.3 is 0 Å². The van der Waals surface area contributed by atoms with Gasteiger partial charge in [0.2, 0.25) is 0 Å². The Morgan fingerprint density at radius 2 is 1.64 bits per heavy atom. The molecule has 0 N–H and O–H groups in total. The lowest BCUT2D eigenvalue weighted by Gasteiger charge is -2.28. The molecule has 4 nitrogen and oxygen atoms in total. The minimum Gasteiger partial charge on any atom is -0.489 e. The maximum absolute atomic E-state index is 6.48. The van der Waals surface area contributed by atoms with Crippen LogP contribution in [0.5, 0.6) is 5.75 Å². The average Bonchev–Trinajstić information content (AvgIpc) is 2.88. The van der Waals surface area contributed by atoms with E-state index >= 15 is 0 Å². The molecular formula is C32H42N2O2. The molecule has 4 heteroatoms. The fraction of sp³-hybridized carbons (Fsp3) is 0.469. The molecule has 1 saturated heterocycles. The lowest BCUT2D eigenvalue weighted by atomic mass is 9.93. The van der Waals surface area contributed by atoms with Crippen LogP contribution >= 0.6 is 0 Å². The Kier molecular flexibility index (Phi) is 8.81. The van der Waals surface area contributed by atoms with Gasteiger partial charge in [-0.2, -0.15) is 0 Å². The molecule has 0 amide bonds. The van der Waals surface area contributed by atoms with Crippen LogP contribution in [0, 0.1) is 13.8 Å². The molecule has 0 aliphatic carbocycles. The molecule has 4 rings (SSSR count). The number of aryl methyl sites for hydroxylation is 4. The highest BCUT2D eigenvalue weighted by molar-refractivity contribution is 5.69. The molecule has 0 saturated carbocycles. The average molecular weight is 487 g/mol. The van der Waals surface area contributed by atoms with E-state index in [-0.39, 0.29) is 0 Å². The Morgan fingerprint density at radius 1 is 0.944 bits per heavy atom. The van der Waals surface area contributed by atoms with Gasteiger partial charge in [0.25, 0.3) is 0 Å². The summed E-state index contributed by atoms with van der Waals surface area (Å²) in [5.74, 6) is 1.44. The summed E-state index contributed by atoms with van der Waals surface area (Å²) in [6.07, 6.45) is 2.00. The largest absolute Gasteiger partial charge is 0.489 e. The Balaban J connectivity index is 1.73. The van der Waals surface area contributed by atoms with Crippen LogP contribution in [0.15, 0.2) is 42.5 Å². The fourth-order valence-electron chi connectivity index (χ4n) is 5.04. The second-order valence-electron chi connectivity index (χ2n) is 10.3. The number of morpholine rings is 1. The molecule has 0 atom stereocenters. The van der Waals surface area contributed by atoms with E-state index in [1.165, 1.54) is 38.9 Å². The molecule has 3 aromatic rings. The summed E-state index contributed by atoms with van der Waals surface area (Å²) in [6, 6.07) is 15.5. The summed E-state index contributed by atoms with van der Waals surface area (Å²) in [6.45, 7) is 18.0. The zero-order valence-corrected chi connectivity index (χ0v) is 23.0. The second-order valence-corrected chi connectivity index (χ2v) is 10.3. The number of hydrogen-bond donors (Lipinski definition) is 0. The number of hydrogen-bond acceptors (Lipinski definition) is 4. The van der Waals surface area contributed by atoms with Crippen LogP contribution in [0.2, 0.25) is 0 Å². The quantitative estimate of drug-likeness (QED) is 0.325. The van der Waals surface area contributed by atoms with Crippen molar-refractivity contribution < 1.29 is 9.47 Å². The molecule has 0 spiro atoms. The molecule has 0 radical (unpaired) electrons. The topological polar surface area (TPSA) is 34.6 Å². The summed E-state index contributed by atoms with van der Waals surface area (Å²) < 4.78 is 12.1. The van der Waals surface area contributed by atoms with Crippen molar-refractivity contribution in [2.45, 2.75) is 73.5 Å². The molecule has 192 valence electrons. The van der Waals surface area contributed by atoms with Crippen molar-refractivity contribution in [2.75, 3.05) is 26.3 Å². The highest BCUT2D eigenvalue weighted by Gasteiger charge is 2.20. The van der Waals surface area contributed by atoms with Gasteiger partial charge in [-0.1, -0.05) is 58.0 Å². The summed E-state index contributed by atoms with van der Waals surface area (Å²) >= 11 is 0. The lowest BCUT2D eigenvalue weighted by molar-refractivity contribution is 0.0334. The van der Waals surface area contributed by atoms with Crippen LogP contribution in [0.25, 0.3) is 11.3 Å². The zero-order chi connectivity index (χ0) is 25.7. The first kappa shape index (κ1) is 26.4. The van der Waals surface area contributed by atoms with E-state index in [2.05, 4.69) is 88.9 Å². The van der Waals surface area contributed by atoms with Crippen molar-refractivity contribution in [1.82, 2.24) is 9.88 Å². The summed E-state index contributed by atoms with van der Waals surface area (Å²) in [5, 5.41) is 0. The summed E-state index contributed by atoms with van der Waals surface area (Å²) in [4.78, 5) is 7.79. The number of pyridine rings is 1. The van der Waals surface area contributed by atoms with E-state index < -0.39 is 0 Å². The van der Waals surface area contributed by atoms with Crippen molar-refractivity contribution in [2.24, 2.45) is 0 Å². The Labute approximate surface area is 217 Å². The normalized spacial score (nSPS) is 14.4. The van der Waals surface area contributed by atoms with E-state index in [1.54, 1.807) is 0 Å². The van der Waals surface area contributed by atoms with E-state index in [4.69, 9.17) is 14.5 Å². The van der Waals surface area contributed by atoms with E-state index in [0.29, 0.717) is 12.5 Å². The SMILES string of the molecule is CCc1cccc(CC)c1-c1cc(C)c(COc2cc(C(C)C)ccc2C)c(CN2CCOCC2)n1. The standard InChI is InChI=1S/C32H42N2O2/c1-7-25-10-9-11-26(8-2)32(25)29-18-24(6)28(30(33-29)20-34-14-16-35-17-15-34)21-36-31-19-27(22(3)4)13-12-23(31)5/h9-13,18-19,22H,7-8,14-17,20-21H2,1-6H3. The number of nitrogens with zero attached hydrogens (tertiary/aromatic N) is 2. The first-order valence-electron chi connectivity index (χ1n) is 13.5. The lowest BCUT2D eigenvalue weighted by Crippen LogP contribution is -2.36. The van der Waals surface area contributed by atoms with Gasteiger partial charge in [0, 0.05) is 30.8 Å². The predicted octanol–water partition coefficient (Wildman–Crippen LogP) is 7.02.